The summed E-state index contributed by atoms with van der Waals surface area (Å²) < 4.78 is 49.0. The van der Waals surface area contributed by atoms with Crippen LogP contribution >= 0.6 is 0 Å². The van der Waals surface area contributed by atoms with Crippen molar-refractivity contribution >= 4 is 17.9 Å². The van der Waals surface area contributed by atoms with Crippen LogP contribution in [0, 0.1) is 56.2 Å². The lowest BCUT2D eigenvalue weighted by atomic mass is 9.33. The van der Waals surface area contributed by atoms with E-state index in [1.165, 1.54) is 0 Å². The molecule has 22 nitrogen and oxygen atoms in total. The Bertz CT molecular complexity index is 2260. The molecule has 26 unspecified atom stereocenters. The van der Waals surface area contributed by atoms with Crippen molar-refractivity contribution in [3.63, 3.8) is 0 Å². The van der Waals surface area contributed by atoms with Crippen molar-refractivity contribution < 1.29 is 108 Å². The van der Waals surface area contributed by atoms with Crippen LogP contribution in [0.15, 0.2) is 23.3 Å². The van der Waals surface area contributed by atoms with Gasteiger partial charge in [0.1, 0.15) is 67.1 Å². The number of aliphatic hydroxyl groups is 10. The van der Waals surface area contributed by atoms with Crippen LogP contribution in [0.1, 0.15) is 121 Å². The molecule has 3 heterocycles. The highest BCUT2D eigenvalue weighted by Crippen LogP contribution is 2.76. The Balaban J connectivity index is 1.13. The summed E-state index contributed by atoms with van der Waals surface area (Å²) in [6.07, 6.45) is -19.9. The Hall–Kier alpha value is -2.75. The molecule has 0 aromatic heterocycles. The van der Waals surface area contributed by atoms with Crippen molar-refractivity contribution in [2.45, 2.75) is 225 Å². The Kier molecular flexibility index (Phi) is 17.6. The molecule has 0 bridgehead atoms. The number of esters is 2. The summed E-state index contributed by atoms with van der Waals surface area (Å²) in [5, 5.41) is 122. The minimum atomic E-state index is -2.09. The van der Waals surface area contributed by atoms with Crippen LogP contribution in [0.5, 0.6) is 0 Å². The highest BCUT2D eigenvalue weighted by molar-refractivity contribution is 5.87. The zero-order valence-electron chi connectivity index (χ0n) is 46.7. The molecule has 0 spiro atoms. The number of allylic oxidation sites excluding steroid dienone is 3. The number of aliphatic hydroxyl groups excluding tert-OH is 10. The van der Waals surface area contributed by atoms with Gasteiger partial charge in [0.25, 0.3) is 0 Å². The van der Waals surface area contributed by atoms with E-state index in [0.717, 1.165) is 5.57 Å². The van der Waals surface area contributed by atoms with Crippen LogP contribution < -0.4 is 0 Å². The number of carbonyl (C=O) groups excluding carboxylic acids is 2. The number of fused-ring (bicyclic) bond motifs is 7. The molecule has 78 heavy (non-hydrogen) atoms. The molecule has 8 rings (SSSR count). The van der Waals surface area contributed by atoms with Crippen LogP contribution in [0.4, 0.5) is 0 Å². The SMILES string of the molecule is CC=C(C)C(=O)OC1C(OC(=O)C(C)CC)C2(CO)C(O)CC3(C)C(=CCC4C5(C)CCC(OC6OC(C(=O)O)C(O)C(OC7OC(CO)C(O)C7O)C6OC6OCC(O)C(O)C6O)C(C)(CO)C5CCC43C)C2CC1(C)C. The Morgan fingerprint density at radius 2 is 1.44 bits per heavy atom. The average Bonchev–Trinajstić information content (AvgIpc) is 3.77. The highest BCUT2D eigenvalue weighted by Gasteiger charge is 2.74. The first-order valence-electron chi connectivity index (χ1n) is 28.0. The summed E-state index contributed by atoms with van der Waals surface area (Å²) in [6, 6.07) is 0. The van der Waals surface area contributed by atoms with Crippen molar-refractivity contribution in [3.05, 3.63) is 23.3 Å². The number of carbonyl (C=O) groups is 3. The van der Waals surface area contributed by atoms with Gasteiger partial charge in [-0.3, -0.25) is 4.79 Å². The van der Waals surface area contributed by atoms with E-state index in [1.807, 2.05) is 27.7 Å². The molecule has 7 fully saturated rings. The maximum atomic E-state index is 13.9. The van der Waals surface area contributed by atoms with Gasteiger partial charge in [-0.2, -0.15) is 0 Å². The van der Waals surface area contributed by atoms with E-state index >= 15 is 0 Å². The lowest BCUT2D eigenvalue weighted by Crippen LogP contribution is -2.72. The molecule has 3 aliphatic heterocycles. The van der Waals surface area contributed by atoms with Gasteiger partial charge >= 0.3 is 17.9 Å². The molecule has 0 aromatic rings. The quantitative estimate of drug-likeness (QED) is 0.0471. The third-order valence-corrected chi connectivity index (χ3v) is 21.3. The van der Waals surface area contributed by atoms with Gasteiger partial charge < -0.3 is 94.1 Å². The van der Waals surface area contributed by atoms with Gasteiger partial charge in [0.05, 0.1) is 50.0 Å². The highest BCUT2D eigenvalue weighted by atomic mass is 16.8. The molecule has 0 aromatic carbocycles. The Morgan fingerprint density at radius 1 is 0.769 bits per heavy atom. The number of ether oxygens (including phenoxy) is 8. The molecule has 8 aliphatic rings. The summed E-state index contributed by atoms with van der Waals surface area (Å²) in [6.45, 7) is 17.3. The molecule has 5 aliphatic carbocycles. The largest absolute Gasteiger partial charge is 0.479 e. The Labute approximate surface area is 456 Å². The van der Waals surface area contributed by atoms with Gasteiger partial charge in [-0.1, -0.05) is 73.1 Å². The zero-order chi connectivity index (χ0) is 57.6. The van der Waals surface area contributed by atoms with Gasteiger partial charge in [-0.15, -0.1) is 0 Å². The van der Waals surface area contributed by atoms with Crippen LogP contribution in [-0.4, -0.2) is 205 Å². The topological polar surface area (TPSA) is 348 Å². The normalized spacial score (nSPS) is 49.5. The van der Waals surface area contributed by atoms with Crippen molar-refractivity contribution in [1.82, 2.24) is 0 Å². The molecule has 0 amide bonds. The lowest BCUT2D eigenvalue weighted by Gasteiger charge is -2.72. The van der Waals surface area contributed by atoms with Crippen LogP contribution in [0.2, 0.25) is 0 Å². The number of carboxylic acids is 1. The minimum absolute atomic E-state index is 0.0553. The first-order valence-corrected chi connectivity index (χ1v) is 28.0. The molecule has 444 valence electrons. The number of carboxylic acid groups (broad SMARTS) is 1. The number of aliphatic carboxylic acids is 1. The van der Waals surface area contributed by atoms with E-state index in [9.17, 15) is 70.6 Å². The molecule has 22 heteroatoms. The molecule has 11 N–H and O–H groups in total. The smallest absolute Gasteiger partial charge is 0.335 e. The number of hydrogen-bond acceptors (Lipinski definition) is 21. The average molecular weight is 1110 g/mol. The first-order chi connectivity index (χ1) is 36.5. The van der Waals surface area contributed by atoms with Crippen LogP contribution in [0.25, 0.3) is 0 Å². The summed E-state index contributed by atoms with van der Waals surface area (Å²) in [4.78, 5) is 40.3. The fraction of sp³-hybridized carbons (Fsp3) is 0.875. The second-order valence-electron chi connectivity index (χ2n) is 25.7. The van der Waals surface area contributed by atoms with E-state index in [1.54, 1.807) is 26.8 Å². The zero-order valence-corrected chi connectivity index (χ0v) is 46.7. The Morgan fingerprint density at radius 3 is 2.04 bits per heavy atom. The summed E-state index contributed by atoms with van der Waals surface area (Å²) >= 11 is 0. The van der Waals surface area contributed by atoms with E-state index in [0.29, 0.717) is 44.1 Å². The fourth-order valence-corrected chi connectivity index (χ4v) is 16.0. The third-order valence-electron chi connectivity index (χ3n) is 21.3. The van der Waals surface area contributed by atoms with Gasteiger partial charge in [0.2, 0.25) is 0 Å². The predicted molar refractivity (Wildman–Crippen MR) is 271 cm³/mol. The van der Waals surface area contributed by atoms with E-state index < -0.39 is 193 Å². The fourth-order valence-electron chi connectivity index (χ4n) is 16.0. The second-order valence-corrected chi connectivity index (χ2v) is 25.7. The summed E-state index contributed by atoms with van der Waals surface area (Å²) in [5.41, 5.74) is -3.60. The van der Waals surface area contributed by atoms with Gasteiger partial charge in [0, 0.05) is 16.4 Å². The molecule has 4 saturated carbocycles. The van der Waals surface area contributed by atoms with E-state index in [2.05, 4.69) is 26.8 Å². The molecule has 3 saturated heterocycles. The van der Waals surface area contributed by atoms with E-state index in [-0.39, 0.29) is 24.7 Å². The van der Waals surface area contributed by atoms with Crippen LogP contribution in [0.3, 0.4) is 0 Å². The van der Waals surface area contributed by atoms with Gasteiger partial charge in [-0.25, -0.2) is 9.59 Å². The van der Waals surface area contributed by atoms with Crippen LogP contribution in [-0.2, 0) is 52.3 Å². The monoisotopic (exact) mass is 1110 g/mol. The van der Waals surface area contributed by atoms with Crippen molar-refractivity contribution in [1.29, 1.82) is 0 Å². The summed E-state index contributed by atoms with van der Waals surface area (Å²) in [7, 11) is 0. The molecule has 0 radical (unpaired) electrons. The van der Waals surface area contributed by atoms with Gasteiger partial charge in [0.15, 0.2) is 25.0 Å². The maximum absolute atomic E-state index is 13.9. The standard InChI is InChI=1S/C56H88O22/c1-11-25(3)46(69)77-43-44(78-47(70)26(4)12-2)56(24-59)28(19-51(43,5)6)27-13-14-32-52(7)17-16-34(53(8,23-58)31(52)15-18-54(32,9)55(27,10)20-33(56)61)73-50-42(76-48-37(64)35(62)29(60)22-71-48)40(39(66)41(75-50)45(67)68)74-49-38(65)36(63)30(21-57)72-49/h11,13,26,28-44,48-50,57-66H,12,14-24H2,1-10H3,(H,67,68). The van der Waals surface area contributed by atoms with Crippen molar-refractivity contribution in [2.75, 3.05) is 26.4 Å². The van der Waals surface area contributed by atoms with Crippen molar-refractivity contribution in [3.8, 4) is 0 Å². The third kappa shape index (κ3) is 9.73. The molecular formula is C56H88O22. The maximum Gasteiger partial charge on any atom is 0.335 e. The van der Waals surface area contributed by atoms with E-state index in [4.69, 9.17) is 37.9 Å². The lowest BCUT2D eigenvalue weighted by molar-refractivity contribution is -0.381. The minimum Gasteiger partial charge on any atom is -0.479 e. The first kappa shape index (κ1) is 61.3. The number of hydrogen-bond donors (Lipinski definition) is 11. The molecular weight excluding hydrogens is 1020 g/mol. The van der Waals surface area contributed by atoms with Gasteiger partial charge in [-0.05, 0) is 99.2 Å². The summed E-state index contributed by atoms with van der Waals surface area (Å²) in [5.74, 6) is -4.07. The number of rotatable bonds is 15. The van der Waals surface area contributed by atoms with Crippen molar-refractivity contribution in [2.24, 2.45) is 56.2 Å². The molecule has 26 atom stereocenters. The predicted octanol–water partition coefficient (Wildman–Crippen LogP) is 0.983. The second kappa shape index (κ2) is 22.4.